The van der Waals surface area contributed by atoms with E-state index in [1.54, 1.807) is 12.1 Å². The molecule has 1 aliphatic rings. The molecule has 0 aliphatic heterocycles. The number of rotatable bonds is 6. The zero-order valence-corrected chi connectivity index (χ0v) is 18.1. The number of hydrogen-bond acceptors (Lipinski definition) is 5. The number of carbonyl (C=O) groups excluding carboxylic acids is 1. The van der Waals surface area contributed by atoms with Gasteiger partial charge in [-0.15, -0.1) is 0 Å². The molecular weight excluding hydrogens is 434 g/mol. The van der Waals surface area contributed by atoms with Crippen molar-refractivity contribution in [2.75, 3.05) is 0 Å². The molecule has 3 N–H and O–H groups in total. The van der Waals surface area contributed by atoms with Crippen molar-refractivity contribution in [1.82, 2.24) is 25.1 Å². The summed E-state index contributed by atoms with van der Waals surface area (Å²) in [5.41, 5.74) is 0.687. The van der Waals surface area contributed by atoms with Crippen molar-refractivity contribution in [2.45, 2.75) is 25.4 Å². The molecule has 0 unspecified atom stereocenters. The number of benzene rings is 2. The molecule has 34 heavy (non-hydrogen) atoms. The van der Waals surface area contributed by atoms with Crippen LogP contribution in [0.5, 0.6) is 0 Å². The summed E-state index contributed by atoms with van der Waals surface area (Å²) in [5, 5.41) is 9.33. The van der Waals surface area contributed by atoms with Crippen LogP contribution in [0.2, 0.25) is 0 Å². The van der Waals surface area contributed by atoms with Gasteiger partial charge >= 0.3 is 5.69 Å². The average Bonchev–Trinajstić information content (AvgIpc) is 3.69. The monoisotopic (exact) mass is 455 g/mol. The highest BCUT2D eigenvalue weighted by molar-refractivity contribution is 6.03. The highest BCUT2D eigenvalue weighted by Gasteiger charge is 2.26. The summed E-state index contributed by atoms with van der Waals surface area (Å²) < 4.78 is 1.48. The van der Waals surface area contributed by atoms with Crippen molar-refractivity contribution < 1.29 is 4.79 Å². The first-order valence-corrected chi connectivity index (χ1v) is 10.9. The van der Waals surface area contributed by atoms with Gasteiger partial charge in [0.2, 0.25) is 0 Å². The van der Waals surface area contributed by atoms with Crippen LogP contribution in [0.15, 0.2) is 81.2 Å². The number of nitrogens with zero attached hydrogens (tertiary/aromatic N) is 2. The minimum absolute atomic E-state index is 0.0694. The van der Waals surface area contributed by atoms with Crippen LogP contribution >= 0.6 is 0 Å². The van der Waals surface area contributed by atoms with E-state index in [1.165, 1.54) is 10.8 Å². The van der Waals surface area contributed by atoms with E-state index in [1.807, 2.05) is 48.5 Å². The van der Waals surface area contributed by atoms with Crippen LogP contribution in [0.1, 0.15) is 34.8 Å². The lowest BCUT2D eigenvalue weighted by Crippen LogP contribution is -2.36. The van der Waals surface area contributed by atoms with E-state index in [0.717, 1.165) is 18.4 Å². The molecule has 0 spiro atoms. The van der Waals surface area contributed by atoms with Crippen LogP contribution in [0.3, 0.4) is 0 Å². The maximum atomic E-state index is 13.3. The topological polar surface area (TPSA) is 130 Å². The number of nitrogens with one attached hydrogen (secondary N) is 3. The normalized spacial score (nSPS) is 12.9. The number of amides is 1. The molecule has 0 bridgehead atoms. The van der Waals surface area contributed by atoms with Crippen molar-refractivity contribution in [3.05, 3.63) is 109 Å². The zero-order chi connectivity index (χ0) is 23.7. The first kappa shape index (κ1) is 21.3. The fourth-order valence-electron chi connectivity index (χ4n) is 3.90. The lowest BCUT2D eigenvalue weighted by Gasteiger charge is -2.14. The Labute approximate surface area is 193 Å². The van der Waals surface area contributed by atoms with Gasteiger partial charge in [0.1, 0.15) is 5.56 Å². The minimum atomic E-state index is -0.650. The third-order valence-corrected chi connectivity index (χ3v) is 5.74. The fourth-order valence-corrected chi connectivity index (χ4v) is 3.90. The van der Waals surface area contributed by atoms with Gasteiger partial charge in [-0.05, 0) is 18.4 Å². The molecular formula is C25H21N5O4. The van der Waals surface area contributed by atoms with Gasteiger partial charge in [0.05, 0.1) is 17.8 Å². The Morgan fingerprint density at radius 2 is 1.59 bits per heavy atom. The summed E-state index contributed by atoms with van der Waals surface area (Å²) in [7, 11) is 0. The Hall–Kier alpha value is -4.53. The summed E-state index contributed by atoms with van der Waals surface area (Å²) in [4.78, 5) is 52.7. The van der Waals surface area contributed by atoms with Crippen LogP contribution in [0.4, 0.5) is 0 Å². The van der Waals surface area contributed by atoms with Crippen molar-refractivity contribution in [1.29, 1.82) is 0 Å². The molecule has 2 aromatic carbocycles. The van der Waals surface area contributed by atoms with E-state index in [0.29, 0.717) is 16.8 Å². The first-order valence-electron chi connectivity index (χ1n) is 10.9. The van der Waals surface area contributed by atoms with Crippen molar-refractivity contribution >= 4 is 5.91 Å². The van der Waals surface area contributed by atoms with E-state index in [-0.39, 0.29) is 23.7 Å². The van der Waals surface area contributed by atoms with Gasteiger partial charge < -0.3 is 5.32 Å². The standard InChI is InChI=1S/C25H21N5O4/c31-22-17(14-30(18-11-12-18)25(34)27-22)13-26-23(32)20-19(15-7-3-1-4-8-15)21(28-29-24(20)33)16-9-5-2-6-10-16/h1-10,14,18H,11-13H2,(H,26,32)(H,29,33)(H,27,31,34). The molecule has 0 saturated heterocycles. The van der Waals surface area contributed by atoms with Crippen molar-refractivity contribution in [2.24, 2.45) is 0 Å². The highest BCUT2D eigenvalue weighted by Crippen LogP contribution is 2.33. The number of carbonyl (C=O) groups is 1. The molecule has 170 valence electrons. The molecule has 1 amide bonds. The van der Waals surface area contributed by atoms with Crippen LogP contribution in [-0.4, -0.2) is 25.7 Å². The molecule has 9 nitrogen and oxygen atoms in total. The second-order valence-corrected chi connectivity index (χ2v) is 8.12. The summed E-state index contributed by atoms with van der Waals surface area (Å²) >= 11 is 0. The van der Waals surface area contributed by atoms with E-state index in [4.69, 9.17) is 0 Å². The van der Waals surface area contributed by atoms with Crippen LogP contribution in [0.25, 0.3) is 22.4 Å². The Balaban J connectivity index is 1.55. The van der Waals surface area contributed by atoms with Crippen LogP contribution < -0.4 is 22.1 Å². The summed E-state index contributed by atoms with van der Waals surface area (Å²) in [6.07, 6.45) is 3.21. The van der Waals surface area contributed by atoms with E-state index >= 15 is 0 Å². The average molecular weight is 455 g/mol. The lowest BCUT2D eigenvalue weighted by atomic mass is 9.95. The molecule has 1 aliphatic carbocycles. The molecule has 4 aromatic rings. The predicted octanol–water partition coefficient (Wildman–Crippen LogP) is 2.22. The van der Waals surface area contributed by atoms with Gasteiger partial charge in [-0.25, -0.2) is 9.89 Å². The maximum absolute atomic E-state index is 13.3. The van der Waals surface area contributed by atoms with Gasteiger partial charge in [0.25, 0.3) is 17.0 Å². The van der Waals surface area contributed by atoms with Gasteiger partial charge in [-0.2, -0.15) is 5.10 Å². The highest BCUT2D eigenvalue weighted by atomic mass is 16.2. The van der Waals surface area contributed by atoms with Crippen molar-refractivity contribution in [3.63, 3.8) is 0 Å². The molecule has 9 heteroatoms. The Kier molecular flexibility index (Phi) is 5.51. The second kappa shape index (κ2) is 8.78. The zero-order valence-electron chi connectivity index (χ0n) is 18.1. The minimum Gasteiger partial charge on any atom is -0.347 e. The Bertz CT molecular complexity index is 1530. The summed E-state index contributed by atoms with van der Waals surface area (Å²) in [5.74, 6) is -0.650. The SMILES string of the molecule is O=C(NCc1cn(C2CC2)c(=O)[nH]c1=O)c1c(-c2ccccc2)c(-c2ccccc2)n[nH]c1=O. The Morgan fingerprint density at radius 3 is 2.24 bits per heavy atom. The molecule has 2 heterocycles. The van der Waals surface area contributed by atoms with E-state index < -0.39 is 22.7 Å². The smallest absolute Gasteiger partial charge is 0.328 e. The third kappa shape index (κ3) is 4.11. The van der Waals surface area contributed by atoms with Gasteiger partial charge in [0, 0.05) is 23.4 Å². The fraction of sp³-hybridized carbons (Fsp3) is 0.160. The third-order valence-electron chi connectivity index (χ3n) is 5.74. The number of H-pyrrole nitrogens is 2. The molecule has 5 rings (SSSR count). The molecule has 0 atom stereocenters. The number of aromatic amines is 2. The maximum Gasteiger partial charge on any atom is 0.328 e. The van der Waals surface area contributed by atoms with Crippen LogP contribution in [0, 0.1) is 0 Å². The number of hydrogen-bond donors (Lipinski definition) is 3. The molecule has 0 radical (unpaired) electrons. The number of aromatic nitrogens is 4. The van der Waals surface area contributed by atoms with Gasteiger partial charge in [0.15, 0.2) is 0 Å². The lowest BCUT2D eigenvalue weighted by molar-refractivity contribution is 0.0949. The van der Waals surface area contributed by atoms with Crippen molar-refractivity contribution in [3.8, 4) is 22.4 Å². The van der Waals surface area contributed by atoms with Gasteiger partial charge in [-0.1, -0.05) is 60.7 Å². The quantitative estimate of drug-likeness (QED) is 0.411. The summed E-state index contributed by atoms with van der Waals surface area (Å²) in [6, 6.07) is 18.4. The van der Waals surface area contributed by atoms with Crippen LogP contribution in [-0.2, 0) is 6.54 Å². The van der Waals surface area contributed by atoms with E-state index in [2.05, 4.69) is 20.5 Å². The van der Waals surface area contributed by atoms with Gasteiger partial charge in [-0.3, -0.25) is 23.9 Å². The van der Waals surface area contributed by atoms with E-state index in [9.17, 15) is 19.2 Å². The first-order chi connectivity index (χ1) is 16.5. The summed E-state index contributed by atoms with van der Waals surface area (Å²) in [6.45, 7) is -0.141. The molecule has 2 aromatic heterocycles. The Morgan fingerprint density at radius 1 is 0.941 bits per heavy atom. The predicted molar refractivity (Wildman–Crippen MR) is 126 cm³/mol. The second-order valence-electron chi connectivity index (χ2n) is 8.12. The largest absolute Gasteiger partial charge is 0.347 e. The molecule has 1 saturated carbocycles. The molecule has 1 fully saturated rings.